The average Bonchev–Trinajstić information content (AvgIpc) is 3.03. The van der Waals surface area contributed by atoms with Crippen LogP contribution in [-0.4, -0.2) is 22.3 Å². The SMILES string of the molecule is COc1ccc(C=C2SC(=S)NC2=O)cc1-c1nc2ccc(C(F)(F)F)cc2cc1C. The van der Waals surface area contributed by atoms with Gasteiger partial charge in [-0.3, -0.25) is 4.79 Å². The zero-order valence-electron chi connectivity index (χ0n) is 16.3. The van der Waals surface area contributed by atoms with Crippen molar-refractivity contribution >= 4 is 51.2 Å². The number of nitrogens with one attached hydrogen (secondary N) is 1. The van der Waals surface area contributed by atoms with Crippen molar-refractivity contribution in [3.63, 3.8) is 0 Å². The third kappa shape index (κ3) is 4.28. The summed E-state index contributed by atoms with van der Waals surface area (Å²) in [5, 5.41) is 2.97. The number of thioether (sulfide) groups is 1. The van der Waals surface area contributed by atoms with Crippen molar-refractivity contribution in [2.45, 2.75) is 13.1 Å². The number of hydrogen-bond acceptors (Lipinski definition) is 5. The molecule has 2 aromatic carbocycles. The Labute approximate surface area is 185 Å². The van der Waals surface area contributed by atoms with Crippen LogP contribution in [0.1, 0.15) is 16.7 Å². The lowest BCUT2D eigenvalue weighted by molar-refractivity contribution is -0.137. The molecule has 1 aliphatic heterocycles. The van der Waals surface area contributed by atoms with Gasteiger partial charge in [0.25, 0.3) is 5.91 Å². The van der Waals surface area contributed by atoms with E-state index in [9.17, 15) is 18.0 Å². The van der Waals surface area contributed by atoms with Crippen LogP contribution < -0.4 is 10.1 Å². The highest BCUT2D eigenvalue weighted by molar-refractivity contribution is 8.26. The van der Waals surface area contributed by atoms with Gasteiger partial charge in [0.05, 0.1) is 28.8 Å². The monoisotopic (exact) mass is 460 g/mol. The molecule has 0 aliphatic carbocycles. The van der Waals surface area contributed by atoms with Crippen LogP contribution in [-0.2, 0) is 11.0 Å². The summed E-state index contributed by atoms with van der Waals surface area (Å²) in [6.07, 6.45) is -2.70. The molecule has 1 aliphatic rings. The minimum atomic E-state index is -4.42. The van der Waals surface area contributed by atoms with Gasteiger partial charge in [0, 0.05) is 10.9 Å². The minimum absolute atomic E-state index is 0.257. The van der Waals surface area contributed by atoms with Crippen molar-refractivity contribution in [3.8, 4) is 17.0 Å². The molecule has 0 radical (unpaired) electrons. The number of fused-ring (bicyclic) bond motifs is 1. The number of rotatable bonds is 3. The van der Waals surface area contributed by atoms with Crippen LogP contribution >= 0.6 is 24.0 Å². The van der Waals surface area contributed by atoms with E-state index in [0.29, 0.717) is 42.7 Å². The molecule has 0 spiro atoms. The molecule has 31 heavy (non-hydrogen) atoms. The number of halogens is 3. The Kier molecular flexibility index (Phi) is 5.49. The third-order valence-corrected chi connectivity index (χ3v) is 5.91. The number of carbonyl (C=O) groups is 1. The van der Waals surface area contributed by atoms with Crippen LogP contribution in [0, 0.1) is 6.92 Å². The summed E-state index contributed by atoms with van der Waals surface area (Å²) in [5.74, 6) is 0.302. The first-order chi connectivity index (χ1) is 14.7. The maximum atomic E-state index is 13.0. The largest absolute Gasteiger partial charge is 0.496 e. The molecular formula is C22H15F3N2O2S2. The van der Waals surface area contributed by atoms with Crippen LogP contribution in [0.5, 0.6) is 5.75 Å². The van der Waals surface area contributed by atoms with Crippen molar-refractivity contribution < 1.29 is 22.7 Å². The molecule has 0 saturated carbocycles. The molecule has 0 atom stereocenters. The first-order valence-corrected chi connectivity index (χ1v) is 10.3. The molecule has 1 N–H and O–H groups in total. The van der Waals surface area contributed by atoms with E-state index in [1.807, 2.05) is 6.07 Å². The summed E-state index contributed by atoms with van der Waals surface area (Å²) >= 11 is 6.20. The Bertz CT molecular complexity index is 1270. The number of aryl methyl sites for hydroxylation is 1. The first-order valence-electron chi connectivity index (χ1n) is 9.07. The van der Waals surface area contributed by atoms with Crippen LogP contribution in [0.25, 0.3) is 28.2 Å². The molecule has 4 rings (SSSR count). The highest BCUT2D eigenvalue weighted by Gasteiger charge is 2.30. The number of pyridine rings is 1. The van der Waals surface area contributed by atoms with E-state index in [2.05, 4.69) is 10.3 Å². The Morgan fingerprint density at radius 1 is 1.16 bits per heavy atom. The second kappa shape index (κ2) is 7.97. The van der Waals surface area contributed by atoms with Gasteiger partial charge in [0.15, 0.2) is 0 Å². The summed E-state index contributed by atoms with van der Waals surface area (Å²) in [6.45, 7) is 1.78. The average molecular weight is 461 g/mol. The second-order valence-electron chi connectivity index (χ2n) is 6.87. The van der Waals surface area contributed by atoms with Gasteiger partial charge in [0.2, 0.25) is 0 Å². The standard InChI is InChI=1S/C22H15F3N2O2S2/c1-11-7-13-10-14(22(23,24)25)4-5-16(13)26-19(11)15-8-12(3-6-17(15)29-2)9-18-20(28)27-21(30)31-18/h3-10H,1-2H3,(H,27,28,30). The molecule has 4 nitrogen and oxygen atoms in total. The van der Waals surface area contributed by atoms with Crippen molar-refractivity contribution in [2.24, 2.45) is 0 Å². The number of benzene rings is 2. The number of carbonyl (C=O) groups excluding carboxylic acids is 1. The fourth-order valence-electron chi connectivity index (χ4n) is 3.30. The highest BCUT2D eigenvalue weighted by Crippen LogP contribution is 2.36. The van der Waals surface area contributed by atoms with Gasteiger partial charge in [-0.15, -0.1) is 0 Å². The maximum absolute atomic E-state index is 13.0. The molecule has 9 heteroatoms. The molecule has 1 fully saturated rings. The number of nitrogens with zero attached hydrogens (tertiary/aromatic N) is 1. The van der Waals surface area contributed by atoms with Crippen LogP contribution in [0.4, 0.5) is 13.2 Å². The van der Waals surface area contributed by atoms with Crippen molar-refractivity contribution in [1.29, 1.82) is 0 Å². The van der Waals surface area contributed by atoms with E-state index in [0.717, 1.165) is 17.7 Å². The van der Waals surface area contributed by atoms with Crippen molar-refractivity contribution in [1.82, 2.24) is 10.3 Å². The lowest BCUT2D eigenvalue weighted by Crippen LogP contribution is -2.17. The summed E-state index contributed by atoms with van der Waals surface area (Å²) in [6, 6.07) is 10.5. The van der Waals surface area contributed by atoms with E-state index in [1.165, 1.54) is 24.9 Å². The Morgan fingerprint density at radius 2 is 1.94 bits per heavy atom. The van der Waals surface area contributed by atoms with E-state index in [-0.39, 0.29) is 5.91 Å². The number of ether oxygens (including phenoxy) is 1. The van der Waals surface area contributed by atoms with E-state index in [4.69, 9.17) is 17.0 Å². The van der Waals surface area contributed by atoms with Crippen LogP contribution in [0.3, 0.4) is 0 Å². The van der Waals surface area contributed by atoms with Gasteiger partial charge >= 0.3 is 6.18 Å². The van der Waals surface area contributed by atoms with Gasteiger partial charge in [-0.05, 0) is 60.5 Å². The maximum Gasteiger partial charge on any atom is 0.416 e. The third-order valence-electron chi connectivity index (χ3n) is 4.75. The summed E-state index contributed by atoms with van der Waals surface area (Å²) in [7, 11) is 1.53. The number of thiocarbonyl (C=S) groups is 1. The topological polar surface area (TPSA) is 51.2 Å². The van der Waals surface area contributed by atoms with Gasteiger partial charge in [-0.25, -0.2) is 4.98 Å². The normalized spacial score (nSPS) is 15.6. The zero-order chi connectivity index (χ0) is 22.3. The number of methoxy groups -OCH3 is 1. The van der Waals surface area contributed by atoms with Gasteiger partial charge < -0.3 is 10.1 Å². The highest BCUT2D eigenvalue weighted by atomic mass is 32.2. The number of hydrogen-bond donors (Lipinski definition) is 1. The molecule has 3 aromatic rings. The number of aromatic nitrogens is 1. The van der Waals surface area contributed by atoms with Gasteiger partial charge in [0.1, 0.15) is 10.1 Å². The fourth-order valence-corrected chi connectivity index (χ4v) is 4.35. The Hall–Kier alpha value is -2.91. The number of alkyl halides is 3. The molecule has 2 heterocycles. The van der Waals surface area contributed by atoms with Crippen LogP contribution in [0.2, 0.25) is 0 Å². The zero-order valence-corrected chi connectivity index (χ0v) is 18.0. The quantitative estimate of drug-likeness (QED) is 0.400. The van der Waals surface area contributed by atoms with E-state index >= 15 is 0 Å². The summed E-state index contributed by atoms with van der Waals surface area (Å²) < 4.78 is 45.0. The second-order valence-corrected chi connectivity index (χ2v) is 8.59. The predicted molar refractivity (Wildman–Crippen MR) is 120 cm³/mol. The van der Waals surface area contributed by atoms with Gasteiger partial charge in [-0.1, -0.05) is 30.0 Å². The molecule has 1 saturated heterocycles. The summed E-state index contributed by atoms with van der Waals surface area (Å²) in [5.41, 5.74) is 2.42. The summed E-state index contributed by atoms with van der Waals surface area (Å²) in [4.78, 5) is 17.0. The van der Waals surface area contributed by atoms with Crippen LogP contribution in [0.15, 0.2) is 47.4 Å². The molecular weight excluding hydrogens is 445 g/mol. The Morgan fingerprint density at radius 3 is 2.58 bits per heavy atom. The van der Waals surface area contributed by atoms with Crippen molar-refractivity contribution in [3.05, 3.63) is 64.1 Å². The number of amides is 1. The first kappa shape index (κ1) is 21.3. The minimum Gasteiger partial charge on any atom is -0.496 e. The van der Waals surface area contributed by atoms with E-state index < -0.39 is 11.7 Å². The Balaban J connectivity index is 1.82. The molecule has 0 unspecified atom stereocenters. The van der Waals surface area contributed by atoms with E-state index in [1.54, 1.807) is 31.2 Å². The predicted octanol–water partition coefficient (Wildman–Crippen LogP) is 5.73. The lowest BCUT2D eigenvalue weighted by atomic mass is 10.00. The lowest BCUT2D eigenvalue weighted by Gasteiger charge is -2.14. The molecule has 1 aromatic heterocycles. The molecule has 1 amide bonds. The van der Waals surface area contributed by atoms with Gasteiger partial charge in [-0.2, -0.15) is 13.2 Å². The smallest absolute Gasteiger partial charge is 0.416 e. The molecule has 158 valence electrons. The fraction of sp³-hybridized carbons (Fsp3) is 0.136. The molecule has 0 bridgehead atoms. The van der Waals surface area contributed by atoms with Crippen molar-refractivity contribution in [2.75, 3.05) is 7.11 Å².